The summed E-state index contributed by atoms with van der Waals surface area (Å²) < 4.78 is 16.3. The van der Waals surface area contributed by atoms with E-state index in [2.05, 4.69) is 18.2 Å². The van der Waals surface area contributed by atoms with Crippen LogP contribution in [-0.2, 0) is 14.2 Å². The lowest BCUT2D eigenvalue weighted by molar-refractivity contribution is -0.0305. The van der Waals surface area contributed by atoms with Crippen LogP contribution in [0.3, 0.4) is 0 Å². The molecular formula is C33H46Cl2N2O5. The molecule has 2 aromatic rings. The maximum absolute atomic E-state index is 12.3. The van der Waals surface area contributed by atoms with Crippen molar-refractivity contribution >= 4 is 35.4 Å². The second kappa shape index (κ2) is 13.9. The number of nitrogens with zero attached hydrogens (tertiary/aromatic N) is 2. The molecule has 0 radical (unpaired) electrons. The number of carbonyl (C=O) groups is 2. The van der Waals surface area contributed by atoms with Crippen LogP contribution in [0, 0.1) is 13.8 Å². The van der Waals surface area contributed by atoms with E-state index in [4.69, 9.17) is 37.4 Å². The first-order valence-electron chi connectivity index (χ1n) is 14.5. The first kappa shape index (κ1) is 34.0. The number of carbonyl (C=O) groups excluding carboxylic acids is 2. The Bertz CT molecular complexity index is 1250. The van der Waals surface area contributed by atoms with E-state index in [1.165, 1.54) is 11.1 Å². The van der Waals surface area contributed by atoms with Gasteiger partial charge in [-0.1, -0.05) is 47.5 Å². The zero-order chi connectivity index (χ0) is 31.4. The standard InChI is InChI=1S/C17H24ClNO3.C16H22ClNO2/c1-11-8-12(6-7-14(11)18)13-9-15(21-5)19(10-13)16(20)22-17(2,3)4;1-11-9-12(5-6-14(11)17)13-7-8-18(10-13)15(19)20-16(2,3)4/h6-8,13,15H,9-10H2,1-5H3;5-6,9,13H,7-8,10H2,1-4H3. The number of aryl methyl sites for hydroxylation is 2. The molecule has 0 bridgehead atoms. The van der Waals surface area contributed by atoms with Crippen LogP contribution in [0.25, 0.3) is 0 Å². The maximum atomic E-state index is 12.3. The summed E-state index contributed by atoms with van der Waals surface area (Å²) in [5, 5.41) is 1.55. The number of methoxy groups -OCH3 is 1. The van der Waals surface area contributed by atoms with E-state index < -0.39 is 11.2 Å². The molecule has 2 heterocycles. The maximum Gasteiger partial charge on any atom is 0.412 e. The SMILES string of the molecule is COC1CC(c2ccc(Cl)c(C)c2)CN1C(=O)OC(C)(C)C.Cc1cc(C2CCN(C(=O)OC(C)(C)C)C2)ccc1Cl. The number of ether oxygens (including phenoxy) is 3. The third-order valence-electron chi connectivity index (χ3n) is 7.30. The van der Waals surface area contributed by atoms with Crippen molar-refractivity contribution in [1.29, 1.82) is 0 Å². The molecule has 7 nitrogen and oxygen atoms in total. The molecular weight excluding hydrogens is 575 g/mol. The monoisotopic (exact) mass is 620 g/mol. The second-order valence-corrected chi connectivity index (χ2v) is 14.0. The van der Waals surface area contributed by atoms with Gasteiger partial charge in [0.05, 0.1) is 0 Å². The molecule has 0 spiro atoms. The Kier molecular flexibility index (Phi) is 11.2. The van der Waals surface area contributed by atoms with Crippen molar-refractivity contribution < 1.29 is 23.8 Å². The van der Waals surface area contributed by atoms with Crippen molar-refractivity contribution in [2.45, 2.75) is 97.5 Å². The van der Waals surface area contributed by atoms with Gasteiger partial charge in [0.2, 0.25) is 0 Å². The summed E-state index contributed by atoms with van der Waals surface area (Å²) in [7, 11) is 1.62. The van der Waals surface area contributed by atoms with Gasteiger partial charge in [0, 0.05) is 55.0 Å². The highest BCUT2D eigenvalue weighted by atomic mass is 35.5. The molecule has 4 rings (SSSR count). The lowest BCUT2D eigenvalue weighted by atomic mass is 9.96. The number of halogens is 2. The molecule has 2 aromatic carbocycles. The van der Waals surface area contributed by atoms with Gasteiger partial charge in [0.25, 0.3) is 0 Å². The number of hydrogen-bond acceptors (Lipinski definition) is 5. The lowest BCUT2D eigenvalue weighted by Crippen LogP contribution is -2.40. The van der Waals surface area contributed by atoms with Gasteiger partial charge in [0.15, 0.2) is 0 Å². The molecule has 2 amide bonds. The number of rotatable bonds is 3. The van der Waals surface area contributed by atoms with Gasteiger partial charge in [-0.05, 0) is 96.2 Å². The van der Waals surface area contributed by atoms with Gasteiger partial charge in [-0.2, -0.15) is 0 Å². The summed E-state index contributed by atoms with van der Waals surface area (Å²) in [5.74, 6) is 0.604. The van der Waals surface area contributed by atoms with Gasteiger partial charge in [-0.3, -0.25) is 4.90 Å². The van der Waals surface area contributed by atoms with E-state index in [1.54, 1.807) is 16.9 Å². The van der Waals surface area contributed by atoms with Crippen LogP contribution < -0.4 is 0 Å². The van der Waals surface area contributed by atoms with E-state index in [1.807, 2.05) is 73.6 Å². The average molecular weight is 622 g/mol. The van der Waals surface area contributed by atoms with Crippen molar-refractivity contribution in [3.63, 3.8) is 0 Å². The van der Waals surface area contributed by atoms with E-state index in [-0.39, 0.29) is 24.3 Å². The average Bonchev–Trinajstić information content (AvgIpc) is 3.54. The highest BCUT2D eigenvalue weighted by Crippen LogP contribution is 2.35. The van der Waals surface area contributed by atoms with Gasteiger partial charge >= 0.3 is 12.2 Å². The van der Waals surface area contributed by atoms with Crippen LogP contribution in [0.2, 0.25) is 10.0 Å². The Hall–Kier alpha value is -2.48. The van der Waals surface area contributed by atoms with Gasteiger partial charge in [-0.15, -0.1) is 0 Å². The molecule has 3 atom stereocenters. The molecule has 0 aromatic heterocycles. The fourth-order valence-corrected chi connectivity index (χ4v) is 5.38. The third-order valence-corrected chi connectivity index (χ3v) is 8.15. The summed E-state index contributed by atoms with van der Waals surface area (Å²) >= 11 is 12.1. The minimum atomic E-state index is -0.510. The fraction of sp³-hybridized carbons (Fsp3) is 0.576. The molecule has 2 aliphatic heterocycles. The van der Waals surface area contributed by atoms with Crippen LogP contribution in [0.5, 0.6) is 0 Å². The third kappa shape index (κ3) is 9.51. The summed E-state index contributed by atoms with van der Waals surface area (Å²) in [5.41, 5.74) is 3.60. The van der Waals surface area contributed by atoms with Crippen LogP contribution >= 0.6 is 23.2 Å². The number of hydrogen-bond donors (Lipinski definition) is 0. The van der Waals surface area contributed by atoms with Crippen LogP contribution in [0.15, 0.2) is 36.4 Å². The number of amides is 2. The minimum absolute atomic E-state index is 0.217. The first-order valence-corrected chi connectivity index (χ1v) is 15.3. The Balaban J connectivity index is 0.000000231. The zero-order valence-corrected chi connectivity index (χ0v) is 27.9. The molecule has 3 unspecified atom stereocenters. The molecule has 2 aliphatic rings. The molecule has 2 fully saturated rings. The van der Waals surface area contributed by atoms with Gasteiger partial charge in [-0.25, -0.2) is 9.59 Å². The topological polar surface area (TPSA) is 68.3 Å². The first-order chi connectivity index (χ1) is 19.5. The lowest BCUT2D eigenvalue weighted by Gasteiger charge is -2.27. The molecule has 0 N–H and O–H groups in total. The predicted octanol–water partition coefficient (Wildman–Crippen LogP) is 8.72. The summed E-state index contributed by atoms with van der Waals surface area (Å²) in [6.07, 6.45) is 0.936. The number of likely N-dealkylation sites (tertiary alicyclic amines) is 2. The summed E-state index contributed by atoms with van der Waals surface area (Å²) in [6.45, 7) is 17.3. The van der Waals surface area contributed by atoms with E-state index >= 15 is 0 Å². The van der Waals surface area contributed by atoms with Crippen molar-refractivity contribution in [2.75, 3.05) is 26.7 Å². The van der Waals surface area contributed by atoms with Gasteiger partial charge < -0.3 is 19.1 Å². The Morgan fingerprint density at radius 1 is 0.786 bits per heavy atom. The predicted molar refractivity (Wildman–Crippen MR) is 169 cm³/mol. The Labute approximate surface area is 261 Å². The van der Waals surface area contributed by atoms with Crippen molar-refractivity contribution in [2.24, 2.45) is 0 Å². The molecule has 9 heteroatoms. The molecule has 0 aliphatic carbocycles. The zero-order valence-electron chi connectivity index (χ0n) is 26.4. The second-order valence-electron chi connectivity index (χ2n) is 13.2. The summed E-state index contributed by atoms with van der Waals surface area (Å²) in [4.78, 5) is 27.8. The van der Waals surface area contributed by atoms with Crippen molar-refractivity contribution in [1.82, 2.24) is 9.80 Å². The van der Waals surface area contributed by atoms with Crippen molar-refractivity contribution in [3.8, 4) is 0 Å². The molecule has 2 saturated heterocycles. The minimum Gasteiger partial charge on any atom is -0.444 e. The van der Waals surface area contributed by atoms with Crippen molar-refractivity contribution in [3.05, 3.63) is 68.7 Å². The highest BCUT2D eigenvalue weighted by molar-refractivity contribution is 6.31. The smallest absolute Gasteiger partial charge is 0.412 e. The number of benzene rings is 2. The summed E-state index contributed by atoms with van der Waals surface area (Å²) in [6, 6.07) is 12.1. The molecule has 232 valence electrons. The quantitative estimate of drug-likeness (QED) is 0.343. The molecule has 0 saturated carbocycles. The van der Waals surface area contributed by atoms with Crippen LogP contribution in [-0.4, -0.2) is 66.2 Å². The molecule has 42 heavy (non-hydrogen) atoms. The van der Waals surface area contributed by atoms with Crippen LogP contribution in [0.4, 0.5) is 9.59 Å². The van der Waals surface area contributed by atoms with E-state index in [0.717, 1.165) is 47.1 Å². The Morgan fingerprint density at radius 3 is 1.76 bits per heavy atom. The Morgan fingerprint density at radius 2 is 1.29 bits per heavy atom. The van der Waals surface area contributed by atoms with E-state index in [9.17, 15) is 9.59 Å². The largest absolute Gasteiger partial charge is 0.444 e. The normalized spacial score (nSPS) is 20.7. The van der Waals surface area contributed by atoms with E-state index in [0.29, 0.717) is 12.5 Å². The van der Waals surface area contributed by atoms with Crippen LogP contribution in [0.1, 0.15) is 88.5 Å². The fourth-order valence-electron chi connectivity index (χ4n) is 5.15. The highest BCUT2D eigenvalue weighted by Gasteiger charge is 2.38. The van der Waals surface area contributed by atoms with Gasteiger partial charge in [0.1, 0.15) is 17.4 Å².